The van der Waals surface area contributed by atoms with Crippen molar-refractivity contribution in [3.05, 3.63) is 66.9 Å². The molecule has 1 aromatic heterocycles. The summed E-state index contributed by atoms with van der Waals surface area (Å²) < 4.78 is 30.7. The van der Waals surface area contributed by atoms with Crippen molar-refractivity contribution in [2.24, 2.45) is 0 Å². The zero-order valence-corrected chi connectivity index (χ0v) is 12.8. The molecular weight excluding hydrogens is 298 g/mol. The zero-order chi connectivity index (χ0) is 15.6. The quantitative estimate of drug-likeness (QED) is 0.801. The monoisotopic (exact) mass is 313 g/mol. The zero-order valence-electron chi connectivity index (χ0n) is 12.0. The van der Waals surface area contributed by atoms with Crippen molar-refractivity contribution in [2.75, 3.05) is 7.11 Å². The second kappa shape index (κ2) is 5.69. The van der Waals surface area contributed by atoms with Crippen molar-refractivity contribution < 1.29 is 13.2 Å². The van der Waals surface area contributed by atoms with Gasteiger partial charge in [0.25, 0.3) is 0 Å². The van der Waals surface area contributed by atoms with Gasteiger partial charge in [-0.25, -0.2) is 8.42 Å². The molecule has 0 saturated heterocycles. The Morgan fingerprint density at radius 1 is 0.909 bits per heavy atom. The maximum absolute atomic E-state index is 12.7. The number of hydrogen-bond donors (Lipinski definition) is 1. The highest BCUT2D eigenvalue weighted by molar-refractivity contribution is 7.91. The van der Waals surface area contributed by atoms with E-state index >= 15 is 0 Å². The molecule has 4 nitrogen and oxygen atoms in total. The summed E-state index contributed by atoms with van der Waals surface area (Å²) in [6.45, 7) is 0. The molecule has 0 aliphatic rings. The summed E-state index contributed by atoms with van der Waals surface area (Å²) >= 11 is 0. The second-order valence-electron chi connectivity index (χ2n) is 4.76. The van der Waals surface area contributed by atoms with Crippen LogP contribution < -0.4 is 4.74 Å². The predicted molar refractivity (Wildman–Crippen MR) is 84.7 cm³/mol. The lowest BCUT2D eigenvalue weighted by Crippen LogP contribution is -2.02. The normalized spacial score (nSPS) is 11.3. The minimum atomic E-state index is -3.55. The number of methoxy groups -OCH3 is 1. The van der Waals surface area contributed by atoms with Crippen LogP contribution in [0, 0.1) is 0 Å². The molecule has 22 heavy (non-hydrogen) atoms. The van der Waals surface area contributed by atoms with Crippen molar-refractivity contribution in [1.29, 1.82) is 0 Å². The molecule has 0 saturated carbocycles. The number of H-pyrrole nitrogens is 1. The standard InChI is InChI=1S/C17H15NO3S/c1-21-17-10-9-14(12-15(17)16-8-5-11-18-16)22(19,20)13-6-3-2-4-7-13/h2-12,18H,1H3. The maximum atomic E-state index is 12.7. The van der Waals surface area contributed by atoms with Gasteiger partial charge in [0.15, 0.2) is 0 Å². The number of hydrogen-bond acceptors (Lipinski definition) is 3. The Kier molecular flexibility index (Phi) is 3.73. The Hall–Kier alpha value is -2.53. The van der Waals surface area contributed by atoms with Gasteiger partial charge in [-0.3, -0.25) is 0 Å². The summed E-state index contributed by atoms with van der Waals surface area (Å²) in [6.07, 6.45) is 1.78. The third-order valence-corrected chi connectivity index (χ3v) is 5.19. The molecule has 0 unspecified atom stereocenters. The largest absolute Gasteiger partial charge is 0.496 e. The Morgan fingerprint density at radius 3 is 2.32 bits per heavy atom. The summed E-state index contributed by atoms with van der Waals surface area (Å²) in [7, 11) is -1.98. The Morgan fingerprint density at radius 2 is 1.68 bits per heavy atom. The number of benzene rings is 2. The second-order valence-corrected chi connectivity index (χ2v) is 6.71. The van der Waals surface area contributed by atoms with Gasteiger partial charge >= 0.3 is 0 Å². The van der Waals surface area contributed by atoms with Crippen LogP contribution in [0.4, 0.5) is 0 Å². The Bertz CT molecular complexity index is 870. The number of sulfone groups is 1. The van der Waals surface area contributed by atoms with E-state index in [1.165, 1.54) is 0 Å². The molecule has 0 aliphatic carbocycles. The molecule has 1 N–H and O–H groups in total. The van der Waals surface area contributed by atoms with Crippen LogP contribution in [-0.2, 0) is 9.84 Å². The van der Waals surface area contributed by atoms with Crippen LogP contribution in [-0.4, -0.2) is 20.5 Å². The molecule has 2 aromatic carbocycles. The minimum Gasteiger partial charge on any atom is -0.496 e. The van der Waals surface area contributed by atoms with E-state index in [1.807, 2.05) is 12.1 Å². The molecule has 0 fully saturated rings. The number of rotatable bonds is 4. The summed E-state index contributed by atoms with van der Waals surface area (Å²) in [4.78, 5) is 3.59. The van der Waals surface area contributed by atoms with E-state index in [4.69, 9.17) is 4.74 Å². The van der Waals surface area contributed by atoms with Gasteiger partial charge < -0.3 is 9.72 Å². The van der Waals surface area contributed by atoms with Crippen molar-refractivity contribution in [3.63, 3.8) is 0 Å². The van der Waals surface area contributed by atoms with E-state index < -0.39 is 9.84 Å². The molecule has 0 amide bonds. The summed E-state index contributed by atoms with van der Waals surface area (Å²) in [5, 5.41) is 0. The first-order chi connectivity index (χ1) is 10.6. The molecule has 0 bridgehead atoms. The van der Waals surface area contributed by atoms with Crippen LogP contribution in [0.1, 0.15) is 0 Å². The fourth-order valence-electron chi connectivity index (χ4n) is 2.30. The molecule has 1 heterocycles. The predicted octanol–water partition coefficient (Wildman–Crippen LogP) is 3.52. The average Bonchev–Trinajstić information content (AvgIpc) is 3.09. The topological polar surface area (TPSA) is 59.2 Å². The van der Waals surface area contributed by atoms with Crippen molar-refractivity contribution in [3.8, 4) is 17.0 Å². The molecule has 0 aliphatic heterocycles. The number of aromatic amines is 1. The number of nitrogens with one attached hydrogen (secondary N) is 1. The summed E-state index contributed by atoms with van der Waals surface area (Å²) in [5.41, 5.74) is 1.52. The molecule has 5 heteroatoms. The van der Waals surface area contributed by atoms with E-state index in [-0.39, 0.29) is 9.79 Å². The van der Waals surface area contributed by atoms with Crippen LogP contribution >= 0.6 is 0 Å². The van der Waals surface area contributed by atoms with Gasteiger partial charge in [0.1, 0.15) is 5.75 Å². The molecule has 0 atom stereocenters. The third kappa shape index (κ3) is 2.51. The highest BCUT2D eigenvalue weighted by Gasteiger charge is 2.19. The SMILES string of the molecule is COc1ccc(S(=O)(=O)c2ccccc2)cc1-c1ccc[nH]1. The molecule has 3 rings (SSSR count). The van der Waals surface area contributed by atoms with Crippen LogP contribution in [0.5, 0.6) is 5.75 Å². The number of aromatic nitrogens is 1. The van der Waals surface area contributed by atoms with E-state index in [0.717, 1.165) is 5.69 Å². The highest BCUT2D eigenvalue weighted by atomic mass is 32.2. The van der Waals surface area contributed by atoms with Gasteiger partial charge in [-0.15, -0.1) is 0 Å². The number of ether oxygens (including phenoxy) is 1. The van der Waals surface area contributed by atoms with Crippen LogP contribution in [0.15, 0.2) is 76.7 Å². The van der Waals surface area contributed by atoms with Crippen molar-refractivity contribution >= 4 is 9.84 Å². The first-order valence-corrected chi connectivity index (χ1v) is 8.23. The van der Waals surface area contributed by atoms with E-state index in [9.17, 15) is 8.42 Å². The molecule has 3 aromatic rings. The van der Waals surface area contributed by atoms with Crippen molar-refractivity contribution in [2.45, 2.75) is 9.79 Å². The van der Waals surface area contributed by atoms with Crippen molar-refractivity contribution in [1.82, 2.24) is 4.98 Å². The van der Waals surface area contributed by atoms with Gasteiger partial charge in [-0.05, 0) is 42.5 Å². The average molecular weight is 313 g/mol. The lowest BCUT2D eigenvalue weighted by Gasteiger charge is -2.10. The van der Waals surface area contributed by atoms with Gasteiger partial charge in [-0.1, -0.05) is 18.2 Å². The molecule has 112 valence electrons. The summed E-state index contributed by atoms with van der Waals surface area (Å²) in [5.74, 6) is 0.620. The first-order valence-electron chi connectivity index (χ1n) is 6.75. The van der Waals surface area contributed by atoms with E-state index in [0.29, 0.717) is 11.3 Å². The van der Waals surface area contributed by atoms with E-state index in [2.05, 4.69) is 4.98 Å². The maximum Gasteiger partial charge on any atom is 0.206 e. The molecule has 0 spiro atoms. The third-order valence-electron chi connectivity index (χ3n) is 3.42. The Balaban J connectivity index is 2.15. The smallest absolute Gasteiger partial charge is 0.206 e. The lowest BCUT2D eigenvalue weighted by atomic mass is 10.1. The highest BCUT2D eigenvalue weighted by Crippen LogP contribution is 2.32. The fourth-order valence-corrected chi connectivity index (χ4v) is 3.61. The van der Waals surface area contributed by atoms with Gasteiger partial charge in [0, 0.05) is 17.5 Å². The fraction of sp³-hybridized carbons (Fsp3) is 0.0588. The van der Waals surface area contributed by atoms with E-state index in [1.54, 1.807) is 61.8 Å². The minimum absolute atomic E-state index is 0.240. The van der Waals surface area contributed by atoms with Crippen LogP contribution in [0.2, 0.25) is 0 Å². The van der Waals surface area contributed by atoms with Gasteiger partial charge in [0.05, 0.1) is 16.9 Å². The lowest BCUT2D eigenvalue weighted by molar-refractivity contribution is 0.416. The van der Waals surface area contributed by atoms with Crippen LogP contribution in [0.25, 0.3) is 11.3 Å². The molecule has 0 radical (unpaired) electrons. The van der Waals surface area contributed by atoms with Crippen LogP contribution in [0.3, 0.4) is 0 Å². The molecular formula is C17H15NO3S. The summed E-state index contributed by atoms with van der Waals surface area (Å²) in [6, 6.07) is 17.0. The Labute approximate surface area is 129 Å². The van der Waals surface area contributed by atoms with Gasteiger partial charge in [0.2, 0.25) is 9.84 Å². The first kappa shape index (κ1) is 14.4. The van der Waals surface area contributed by atoms with Gasteiger partial charge in [-0.2, -0.15) is 0 Å².